The Morgan fingerprint density at radius 1 is 1.09 bits per heavy atom. The Morgan fingerprint density at radius 2 is 1.86 bits per heavy atom. The van der Waals surface area contributed by atoms with Crippen molar-refractivity contribution in [2.45, 2.75) is 12.3 Å². The summed E-state index contributed by atoms with van der Waals surface area (Å²) in [6, 6.07) is 3.72. The van der Waals surface area contributed by atoms with Crippen molar-refractivity contribution < 1.29 is 4.74 Å². The third-order valence-electron chi connectivity index (χ3n) is 4.06. The number of ether oxygens (including phenoxy) is 1. The maximum absolute atomic E-state index is 6.24. The Kier molecular flexibility index (Phi) is 2.80. The van der Waals surface area contributed by atoms with Gasteiger partial charge in [0.2, 0.25) is 0 Å². The Morgan fingerprint density at radius 3 is 2.55 bits per heavy atom. The predicted octanol–water partition coefficient (Wildman–Crippen LogP) is 1.96. The first-order valence-electron chi connectivity index (χ1n) is 7.07. The maximum Gasteiger partial charge on any atom is 0.162 e. The molecule has 110 valence electrons. The second-order valence-corrected chi connectivity index (χ2v) is 5.80. The molecule has 6 heteroatoms. The Bertz CT molecular complexity index is 846. The molecule has 3 aromatic rings. The number of fused-ring (bicyclic) bond motifs is 1. The van der Waals surface area contributed by atoms with E-state index in [9.17, 15) is 0 Å². The smallest absolute Gasteiger partial charge is 0.162 e. The van der Waals surface area contributed by atoms with Gasteiger partial charge in [0.1, 0.15) is 5.82 Å². The second kappa shape index (κ2) is 4.71. The molecule has 0 atom stereocenters. The number of pyridine rings is 2. The molecule has 0 unspecified atom stereocenters. The van der Waals surface area contributed by atoms with Gasteiger partial charge in [-0.3, -0.25) is 9.97 Å². The van der Waals surface area contributed by atoms with E-state index in [0.29, 0.717) is 24.9 Å². The highest BCUT2D eigenvalue weighted by atomic mass is 16.5. The lowest BCUT2D eigenvalue weighted by Gasteiger charge is -2.38. The number of nitrogens with two attached hydrogens (primary N) is 1. The van der Waals surface area contributed by atoms with Gasteiger partial charge in [-0.2, -0.15) is 0 Å². The zero-order chi connectivity index (χ0) is 15.2. The molecule has 0 amide bonds. The topological polar surface area (TPSA) is 86.8 Å². The molecule has 1 saturated heterocycles. The summed E-state index contributed by atoms with van der Waals surface area (Å²) < 4.78 is 5.36. The summed E-state index contributed by atoms with van der Waals surface area (Å²) in [6.45, 7) is 3.47. The molecule has 1 fully saturated rings. The molecule has 22 heavy (non-hydrogen) atoms. The first-order valence-corrected chi connectivity index (χ1v) is 7.07. The number of nitrogen functional groups attached to an aromatic ring is 1. The van der Waals surface area contributed by atoms with Gasteiger partial charge >= 0.3 is 0 Å². The van der Waals surface area contributed by atoms with Crippen molar-refractivity contribution in [1.82, 2.24) is 19.9 Å². The molecule has 1 aliphatic heterocycles. The lowest BCUT2D eigenvalue weighted by Crippen LogP contribution is -2.44. The highest BCUT2D eigenvalue weighted by molar-refractivity contribution is 5.92. The highest BCUT2D eigenvalue weighted by Crippen LogP contribution is 2.37. The number of rotatable bonds is 2. The average Bonchev–Trinajstić information content (AvgIpc) is 2.53. The second-order valence-electron chi connectivity index (χ2n) is 5.80. The van der Waals surface area contributed by atoms with Gasteiger partial charge in [-0.15, -0.1) is 0 Å². The Hall–Kier alpha value is -2.60. The van der Waals surface area contributed by atoms with E-state index in [-0.39, 0.29) is 5.41 Å². The van der Waals surface area contributed by atoms with Crippen LogP contribution in [0.25, 0.3) is 22.3 Å². The third-order valence-corrected chi connectivity index (χ3v) is 4.06. The fourth-order valence-corrected chi connectivity index (χ4v) is 2.76. The van der Waals surface area contributed by atoms with Crippen LogP contribution in [0.5, 0.6) is 0 Å². The number of aromatic nitrogens is 4. The van der Waals surface area contributed by atoms with Crippen molar-refractivity contribution in [3.63, 3.8) is 0 Å². The molecule has 0 saturated carbocycles. The van der Waals surface area contributed by atoms with Crippen LogP contribution in [0.4, 0.5) is 5.82 Å². The van der Waals surface area contributed by atoms with E-state index in [1.54, 1.807) is 18.6 Å². The quantitative estimate of drug-likeness (QED) is 0.777. The number of hydrogen-bond donors (Lipinski definition) is 1. The van der Waals surface area contributed by atoms with Crippen LogP contribution in [0.2, 0.25) is 0 Å². The van der Waals surface area contributed by atoms with Gasteiger partial charge in [-0.05, 0) is 17.7 Å². The van der Waals surface area contributed by atoms with Gasteiger partial charge in [-0.25, -0.2) is 9.97 Å². The van der Waals surface area contributed by atoms with E-state index in [1.165, 1.54) is 0 Å². The van der Waals surface area contributed by atoms with Gasteiger partial charge < -0.3 is 10.5 Å². The van der Waals surface area contributed by atoms with Crippen LogP contribution in [0.3, 0.4) is 0 Å². The Balaban J connectivity index is 1.94. The molecule has 4 rings (SSSR count). The molecule has 0 aromatic carbocycles. The predicted molar refractivity (Wildman–Crippen MR) is 83.1 cm³/mol. The van der Waals surface area contributed by atoms with E-state index < -0.39 is 0 Å². The molecule has 0 aliphatic carbocycles. The summed E-state index contributed by atoms with van der Waals surface area (Å²) in [7, 11) is 0. The lowest BCUT2D eigenvalue weighted by molar-refractivity contribution is -0.0494. The molecule has 3 aromatic heterocycles. The van der Waals surface area contributed by atoms with Crippen molar-refractivity contribution in [2.24, 2.45) is 0 Å². The number of hydrogen-bond acceptors (Lipinski definition) is 6. The lowest BCUT2D eigenvalue weighted by atomic mass is 9.80. The fraction of sp³-hybridized carbons (Fsp3) is 0.250. The summed E-state index contributed by atoms with van der Waals surface area (Å²) in [5.41, 5.74) is 8.86. The van der Waals surface area contributed by atoms with Gasteiger partial charge in [0.15, 0.2) is 5.82 Å². The van der Waals surface area contributed by atoms with E-state index in [1.807, 2.05) is 18.3 Å². The zero-order valence-electron chi connectivity index (χ0n) is 12.2. The first-order chi connectivity index (χ1) is 10.7. The zero-order valence-corrected chi connectivity index (χ0v) is 12.2. The van der Waals surface area contributed by atoms with Crippen LogP contribution in [0.1, 0.15) is 12.5 Å². The molecule has 0 spiro atoms. The molecular formula is C16H15N5O. The van der Waals surface area contributed by atoms with E-state index in [0.717, 1.165) is 22.0 Å². The molecule has 4 heterocycles. The maximum atomic E-state index is 6.24. The molecule has 6 nitrogen and oxygen atoms in total. The number of anilines is 1. The summed E-state index contributed by atoms with van der Waals surface area (Å²) >= 11 is 0. The molecule has 0 radical (unpaired) electrons. The molecule has 1 aliphatic rings. The third kappa shape index (κ3) is 1.92. The van der Waals surface area contributed by atoms with Crippen LogP contribution in [-0.4, -0.2) is 33.1 Å². The van der Waals surface area contributed by atoms with Gasteiger partial charge in [0.25, 0.3) is 0 Å². The largest absolute Gasteiger partial charge is 0.383 e. The number of nitrogens with zero attached hydrogens (tertiary/aromatic N) is 4. The minimum absolute atomic E-state index is 0.0673. The van der Waals surface area contributed by atoms with E-state index >= 15 is 0 Å². The fourth-order valence-electron chi connectivity index (χ4n) is 2.76. The first kappa shape index (κ1) is 13.1. The van der Waals surface area contributed by atoms with Crippen LogP contribution in [0, 0.1) is 0 Å². The van der Waals surface area contributed by atoms with Crippen LogP contribution in [-0.2, 0) is 10.2 Å². The molecular weight excluding hydrogens is 278 g/mol. The van der Waals surface area contributed by atoms with Gasteiger partial charge in [0, 0.05) is 35.0 Å². The van der Waals surface area contributed by atoms with Crippen LogP contribution < -0.4 is 5.73 Å². The normalized spacial score (nSPS) is 16.4. The standard InChI is InChI=1S/C16H15N5O/c1-16(8-22-9-16)11-6-19-7-12-13(11)14(17)21-15(20-12)10-2-4-18-5-3-10/h2-7H,8-9H2,1H3,(H2,17,20,21). The van der Waals surface area contributed by atoms with Crippen LogP contribution in [0.15, 0.2) is 36.9 Å². The van der Waals surface area contributed by atoms with Crippen LogP contribution >= 0.6 is 0 Å². The summed E-state index contributed by atoms with van der Waals surface area (Å²) in [6.07, 6.45) is 6.99. The monoisotopic (exact) mass is 293 g/mol. The van der Waals surface area contributed by atoms with Crippen molar-refractivity contribution in [3.05, 3.63) is 42.5 Å². The minimum atomic E-state index is -0.0673. The van der Waals surface area contributed by atoms with Gasteiger partial charge in [-0.1, -0.05) is 6.92 Å². The van der Waals surface area contributed by atoms with Crippen molar-refractivity contribution in [2.75, 3.05) is 18.9 Å². The molecule has 0 bridgehead atoms. The SMILES string of the molecule is CC1(c2cncc3nc(-c4ccncc4)nc(N)c23)COC1. The van der Waals surface area contributed by atoms with E-state index in [4.69, 9.17) is 10.5 Å². The van der Waals surface area contributed by atoms with Gasteiger partial charge in [0.05, 0.1) is 24.9 Å². The summed E-state index contributed by atoms with van der Waals surface area (Å²) in [5.74, 6) is 1.06. The Labute approximate surface area is 127 Å². The molecule has 2 N–H and O–H groups in total. The summed E-state index contributed by atoms with van der Waals surface area (Å²) in [4.78, 5) is 17.4. The average molecular weight is 293 g/mol. The van der Waals surface area contributed by atoms with Crippen molar-refractivity contribution in [3.8, 4) is 11.4 Å². The van der Waals surface area contributed by atoms with Crippen molar-refractivity contribution >= 4 is 16.7 Å². The minimum Gasteiger partial charge on any atom is -0.383 e. The van der Waals surface area contributed by atoms with Crippen molar-refractivity contribution in [1.29, 1.82) is 0 Å². The highest BCUT2D eigenvalue weighted by Gasteiger charge is 2.37. The van der Waals surface area contributed by atoms with E-state index in [2.05, 4.69) is 26.9 Å². The summed E-state index contributed by atoms with van der Waals surface area (Å²) in [5, 5.41) is 0.874.